The van der Waals surface area contributed by atoms with Gasteiger partial charge in [-0.3, -0.25) is 14.4 Å². The Morgan fingerprint density at radius 2 is 2.26 bits per heavy atom. The average Bonchev–Trinajstić information content (AvgIpc) is 3.16. The molecule has 0 aliphatic heterocycles. The van der Waals surface area contributed by atoms with E-state index in [4.69, 9.17) is 16.7 Å². The summed E-state index contributed by atoms with van der Waals surface area (Å²) in [4.78, 5) is 12.9. The van der Waals surface area contributed by atoms with Gasteiger partial charge >= 0.3 is 5.97 Å². The Kier molecular flexibility index (Phi) is 4.47. The van der Waals surface area contributed by atoms with Crippen molar-refractivity contribution >= 4 is 17.6 Å². The minimum Gasteiger partial charge on any atom is -0.481 e. The lowest BCUT2D eigenvalue weighted by Crippen LogP contribution is -2.29. The fourth-order valence-electron chi connectivity index (χ4n) is 2.28. The summed E-state index contributed by atoms with van der Waals surface area (Å²) >= 11 is 6.30. The first-order valence-electron chi connectivity index (χ1n) is 6.70. The molecule has 1 aromatic rings. The molecule has 1 aromatic heterocycles. The summed E-state index contributed by atoms with van der Waals surface area (Å²) in [6.45, 7) is 5.97. The van der Waals surface area contributed by atoms with Crippen molar-refractivity contribution in [3.8, 4) is 0 Å². The van der Waals surface area contributed by atoms with Crippen LogP contribution in [0.25, 0.3) is 0 Å². The van der Waals surface area contributed by atoms with E-state index in [1.165, 1.54) is 0 Å². The van der Waals surface area contributed by atoms with E-state index in [1.54, 1.807) is 0 Å². The number of aryl methyl sites for hydroxylation is 2. The van der Waals surface area contributed by atoms with Gasteiger partial charge in [-0.15, -0.1) is 0 Å². The topological polar surface area (TPSA) is 58.4 Å². The van der Waals surface area contributed by atoms with E-state index in [9.17, 15) is 4.79 Å². The zero-order chi connectivity index (χ0) is 14.0. The maximum absolute atomic E-state index is 10.7. The van der Waals surface area contributed by atoms with Crippen LogP contribution in [0.4, 0.5) is 0 Å². The maximum Gasteiger partial charge on any atom is 0.304 e. The first kappa shape index (κ1) is 14.3. The van der Waals surface area contributed by atoms with Crippen molar-refractivity contribution in [1.82, 2.24) is 14.7 Å². The fourth-order valence-corrected chi connectivity index (χ4v) is 2.48. The summed E-state index contributed by atoms with van der Waals surface area (Å²) in [5.41, 5.74) is 1.84. The van der Waals surface area contributed by atoms with Crippen molar-refractivity contribution < 1.29 is 9.90 Å². The van der Waals surface area contributed by atoms with Gasteiger partial charge in [-0.05, 0) is 26.7 Å². The molecule has 1 aliphatic carbocycles. The first-order valence-corrected chi connectivity index (χ1v) is 7.08. The molecule has 0 unspecified atom stereocenters. The van der Waals surface area contributed by atoms with Gasteiger partial charge in [-0.25, -0.2) is 0 Å². The highest BCUT2D eigenvalue weighted by molar-refractivity contribution is 6.31. The van der Waals surface area contributed by atoms with Gasteiger partial charge in [0, 0.05) is 25.7 Å². The Labute approximate surface area is 118 Å². The van der Waals surface area contributed by atoms with Crippen LogP contribution in [0.15, 0.2) is 0 Å². The van der Waals surface area contributed by atoms with Gasteiger partial charge in [-0.2, -0.15) is 5.10 Å². The zero-order valence-electron chi connectivity index (χ0n) is 11.4. The monoisotopic (exact) mass is 285 g/mol. The molecule has 19 heavy (non-hydrogen) atoms. The number of nitrogens with zero attached hydrogens (tertiary/aromatic N) is 3. The van der Waals surface area contributed by atoms with Crippen LogP contribution in [0, 0.1) is 6.92 Å². The Hall–Kier alpha value is -1.07. The van der Waals surface area contributed by atoms with E-state index in [1.807, 2.05) is 18.5 Å². The summed E-state index contributed by atoms with van der Waals surface area (Å²) in [5.74, 6) is -0.753. The summed E-state index contributed by atoms with van der Waals surface area (Å²) < 4.78 is 1.91. The number of carboxylic acids is 1. The normalized spacial score (nSPS) is 15.2. The van der Waals surface area contributed by atoms with Gasteiger partial charge in [0.15, 0.2) is 0 Å². The van der Waals surface area contributed by atoms with Crippen molar-refractivity contribution in [3.05, 3.63) is 16.4 Å². The van der Waals surface area contributed by atoms with Crippen LogP contribution in [-0.4, -0.2) is 38.3 Å². The number of carbonyl (C=O) groups is 1. The molecule has 0 radical (unpaired) electrons. The van der Waals surface area contributed by atoms with E-state index < -0.39 is 5.97 Å². The largest absolute Gasteiger partial charge is 0.481 e. The second kappa shape index (κ2) is 5.92. The first-order chi connectivity index (χ1) is 9.02. The third kappa shape index (κ3) is 3.48. The van der Waals surface area contributed by atoms with Gasteiger partial charge in [0.1, 0.15) is 0 Å². The van der Waals surface area contributed by atoms with Crippen LogP contribution in [0.2, 0.25) is 5.02 Å². The summed E-state index contributed by atoms with van der Waals surface area (Å²) in [7, 11) is 0. The molecular weight excluding hydrogens is 266 g/mol. The fraction of sp³-hybridized carbons (Fsp3) is 0.692. The van der Waals surface area contributed by atoms with E-state index in [0.29, 0.717) is 24.2 Å². The zero-order valence-corrected chi connectivity index (χ0v) is 12.2. The minimum atomic E-state index is -0.753. The number of rotatable bonds is 7. The molecule has 0 aromatic carbocycles. The molecule has 2 rings (SSSR count). The van der Waals surface area contributed by atoms with Gasteiger partial charge in [0.25, 0.3) is 0 Å². The molecule has 1 heterocycles. The third-order valence-electron chi connectivity index (χ3n) is 3.48. The molecule has 0 atom stereocenters. The standard InChI is InChI=1S/C13H20ClN3O2/c1-3-17-11(13(14)9(2)15-17)8-16(10-4-5-10)7-6-12(18)19/h10H,3-8H2,1-2H3,(H,18,19). The van der Waals surface area contributed by atoms with Crippen LogP contribution in [0.5, 0.6) is 0 Å². The Morgan fingerprint density at radius 3 is 2.79 bits per heavy atom. The second-order valence-corrected chi connectivity index (χ2v) is 5.39. The van der Waals surface area contributed by atoms with E-state index in [0.717, 1.165) is 30.8 Å². The molecule has 106 valence electrons. The van der Waals surface area contributed by atoms with E-state index in [-0.39, 0.29) is 6.42 Å². The average molecular weight is 286 g/mol. The highest BCUT2D eigenvalue weighted by atomic mass is 35.5. The molecule has 1 N–H and O–H groups in total. The summed E-state index contributed by atoms with van der Waals surface area (Å²) in [5, 5.41) is 13.9. The van der Waals surface area contributed by atoms with Crippen molar-refractivity contribution in [2.45, 2.75) is 52.2 Å². The van der Waals surface area contributed by atoms with Crippen molar-refractivity contribution in [1.29, 1.82) is 0 Å². The lowest BCUT2D eigenvalue weighted by atomic mass is 10.3. The number of halogens is 1. The van der Waals surface area contributed by atoms with Gasteiger partial charge in [0.05, 0.1) is 22.8 Å². The highest BCUT2D eigenvalue weighted by Crippen LogP contribution is 2.30. The molecular formula is C13H20ClN3O2. The Morgan fingerprint density at radius 1 is 1.58 bits per heavy atom. The number of carboxylic acid groups (broad SMARTS) is 1. The third-order valence-corrected chi connectivity index (χ3v) is 3.97. The van der Waals surface area contributed by atoms with Gasteiger partial charge < -0.3 is 5.11 Å². The second-order valence-electron chi connectivity index (χ2n) is 5.01. The molecule has 6 heteroatoms. The van der Waals surface area contributed by atoms with E-state index >= 15 is 0 Å². The van der Waals surface area contributed by atoms with Crippen LogP contribution in [0.3, 0.4) is 0 Å². The predicted molar refractivity (Wildman–Crippen MR) is 73.3 cm³/mol. The molecule has 1 aliphatic rings. The van der Waals surface area contributed by atoms with Crippen LogP contribution >= 0.6 is 11.6 Å². The van der Waals surface area contributed by atoms with Gasteiger partial charge in [-0.1, -0.05) is 11.6 Å². The lowest BCUT2D eigenvalue weighted by Gasteiger charge is -2.21. The molecule has 1 fully saturated rings. The number of hydrogen-bond donors (Lipinski definition) is 1. The highest BCUT2D eigenvalue weighted by Gasteiger charge is 2.30. The molecule has 0 amide bonds. The number of aromatic nitrogens is 2. The lowest BCUT2D eigenvalue weighted by molar-refractivity contribution is -0.137. The Balaban J connectivity index is 2.10. The number of aliphatic carboxylic acids is 1. The molecule has 1 saturated carbocycles. The van der Waals surface area contributed by atoms with Crippen LogP contribution in [-0.2, 0) is 17.9 Å². The minimum absolute atomic E-state index is 0.174. The molecule has 5 nitrogen and oxygen atoms in total. The van der Waals surface area contributed by atoms with Crippen molar-refractivity contribution in [3.63, 3.8) is 0 Å². The summed E-state index contributed by atoms with van der Waals surface area (Å²) in [6.07, 6.45) is 2.47. The van der Waals surface area contributed by atoms with Crippen molar-refractivity contribution in [2.75, 3.05) is 6.54 Å². The number of hydrogen-bond acceptors (Lipinski definition) is 3. The van der Waals surface area contributed by atoms with Gasteiger partial charge in [0.2, 0.25) is 0 Å². The molecule has 0 saturated heterocycles. The predicted octanol–water partition coefficient (Wildman–Crippen LogP) is 2.30. The SMILES string of the molecule is CCn1nc(C)c(Cl)c1CN(CCC(=O)O)C1CC1. The smallest absolute Gasteiger partial charge is 0.304 e. The maximum atomic E-state index is 10.7. The van der Waals surface area contributed by atoms with Crippen LogP contribution in [0.1, 0.15) is 37.6 Å². The molecule has 0 bridgehead atoms. The summed E-state index contributed by atoms with van der Waals surface area (Å²) in [6, 6.07) is 0.510. The van der Waals surface area contributed by atoms with E-state index in [2.05, 4.69) is 10.00 Å². The quantitative estimate of drug-likeness (QED) is 0.835. The Bertz CT molecular complexity index is 469. The van der Waals surface area contributed by atoms with Crippen molar-refractivity contribution in [2.24, 2.45) is 0 Å². The van der Waals surface area contributed by atoms with Crippen LogP contribution < -0.4 is 0 Å². The molecule has 0 spiro atoms.